The maximum atomic E-state index is 6.38. The lowest BCUT2D eigenvalue weighted by Gasteiger charge is -2.35. The zero-order valence-corrected chi connectivity index (χ0v) is 17.0. The summed E-state index contributed by atoms with van der Waals surface area (Å²) >= 11 is 0. The summed E-state index contributed by atoms with van der Waals surface area (Å²) < 4.78 is 6.38. The van der Waals surface area contributed by atoms with Gasteiger partial charge in [-0.25, -0.2) is 0 Å². The van der Waals surface area contributed by atoms with E-state index in [-0.39, 0.29) is 6.10 Å². The fraction of sp³-hybridized carbons (Fsp3) is 0.308. The van der Waals surface area contributed by atoms with Crippen molar-refractivity contribution in [2.24, 2.45) is 0 Å². The van der Waals surface area contributed by atoms with Crippen LogP contribution in [0.15, 0.2) is 91.0 Å². The third kappa shape index (κ3) is 5.77. The molecule has 1 heterocycles. The molecule has 0 saturated carbocycles. The molecule has 3 nitrogen and oxygen atoms in total. The number of hydrogen-bond donors (Lipinski definition) is 0. The van der Waals surface area contributed by atoms with Crippen molar-refractivity contribution in [3.8, 4) is 0 Å². The number of hydrogen-bond acceptors (Lipinski definition) is 3. The molecule has 0 aromatic heterocycles. The maximum absolute atomic E-state index is 6.38. The minimum absolute atomic E-state index is 0.00299. The third-order valence-corrected chi connectivity index (χ3v) is 5.61. The number of rotatable bonds is 8. The van der Waals surface area contributed by atoms with Crippen LogP contribution in [0.4, 0.5) is 0 Å². The molecule has 1 aliphatic heterocycles. The Hall–Kier alpha value is -2.46. The van der Waals surface area contributed by atoms with Gasteiger partial charge in [-0.1, -0.05) is 91.0 Å². The van der Waals surface area contributed by atoms with E-state index in [9.17, 15) is 0 Å². The first-order valence-electron chi connectivity index (χ1n) is 10.6. The first-order chi connectivity index (χ1) is 14.4. The number of piperazine rings is 1. The van der Waals surface area contributed by atoms with Crippen LogP contribution in [0.2, 0.25) is 0 Å². The van der Waals surface area contributed by atoms with E-state index in [1.807, 2.05) is 0 Å². The first kappa shape index (κ1) is 19.8. The fourth-order valence-corrected chi connectivity index (χ4v) is 3.95. The Morgan fingerprint density at radius 2 is 1.10 bits per heavy atom. The summed E-state index contributed by atoms with van der Waals surface area (Å²) in [5.41, 5.74) is 3.83. The van der Waals surface area contributed by atoms with Crippen LogP contribution in [0.25, 0.3) is 0 Å². The van der Waals surface area contributed by atoms with Crippen LogP contribution in [0, 0.1) is 0 Å². The van der Waals surface area contributed by atoms with Crippen LogP contribution in [0.5, 0.6) is 0 Å². The Morgan fingerprint density at radius 1 is 0.621 bits per heavy atom. The lowest BCUT2D eigenvalue weighted by molar-refractivity contribution is 0.0442. The van der Waals surface area contributed by atoms with E-state index >= 15 is 0 Å². The van der Waals surface area contributed by atoms with Gasteiger partial charge >= 0.3 is 0 Å². The molecule has 4 rings (SSSR count). The number of benzene rings is 3. The fourth-order valence-electron chi connectivity index (χ4n) is 3.95. The van der Waals surface area contributed by atoms with E-state index in [4.69, 9.17) is 4.74 Å². The molecule has 1 aliphatic rings. The second kappa shape index (κ2) is 10.4. The minimum atomic E-state index is -0.00299. The summed E-state index contributed by atoms with van der Waals surface area (Å²) in [7, 11) is 0. The standard InChI is InChI=1S/C26H30N2O/c1-4-10-23(11-5-1)22-28-18-16-27(17-19-28)20-21-29-26(24-12-6-2-7-13-24)25-14-8-3-9-15-25/h1-15,26H,16-22H2. The van der Waals surface area contributed by atoms with Gasteiger partial charge in [0, 0.05) is 39.3 Å². The molecule has 1 saturated heterocycles. The van der Waals surface area contributed by atoms with Crippen molar-refractivity contribution in [2.45, 2.75) is 12.6 Å². The molecule has 150 valence electrons. The highest BCUT2D eigenvalue weighted by atomic mass is 16.5. The van der Waals surface area contributed by atoms with E-state index < -0.39 is 0 Å². The summed E-state index contributed by atoms with van der Waals surface area (Å²) in [4.78, 5) is 5.07. The van der Waals surface area contributed by atoms with Crippen molar-refractivity contribution in [3.05, 3.63) is 108 Å². The Labute approximate surface area is 174 Å². The molecule has 0 spiro atoms. The smallest absolute Gasteiger partial charge is 0.108 e. The average molecular weight is 387 g/mol. The summed E-state index contributed by atoms with van der Waals surface area (Å²) in [6, 6.07) is 31.8. The SMILES string of the molecule is c1ccc(CN2CCN(CCOC(c3ccccc3)c3ccccc3)CC2)cc1. The minimum Gasteiger partial charge on any atom is -0.367 e. The van der Waals surface area contributed by atoms with Crippen LogP contribution in [-0.2, 0) is 11.3 Å². The highest BCUT2D eigenvalue weighted by molar-refractivity contribution is 5.29. The molecular formula is C26H30N2O. The van der Waals surface area contributed by atoms with Crippen molar-refractivity contribution in [2.75, 3.05) is 39.3 Å². The Balaban J connectivity index is 1.26. The number of nitrogens with zero attached hydrogens (tertiary/aromatic N) is 2. The van der Waals surface area contributed by atoms with Crippen LogP contribution < -0.4 is 0 Å². The second-order valence-corrected chi connectivity index (χ2v) is 7.68. The van der Waals surface area contributed by atoms with Crippen molar-refractivity contribution in [1.29, 1.82) is 0 Å². The Morgan fingerprint density at radius 3 is 1.66 bits per heavy atom. The van der Waals surface area contributed by atoms with Gasteiger partial charge in [0.2, 0.25) is 0 Å². The lowest BCUT2D eigenvalue weighted by atomic mass is 10.0. The van der Waals surface area contributed by atoms with Gasteiger partial charge in [-0.05, 0) is 16.7 Å². The van der Waals surface area contributed by atoms with Gasteiger partial charge < -0.3 is 4.74 Å². The number of ether oxygens (including phenoxy) is 1. The summed E-state index contributed by atoms with van der Waals surface area (Å²) in [6.07, 6.45) is -0.00299. The summed E-state index contributed by atoms with van der Waals surface area (Å²) in [6.45, 7) is 7.23. The summed E-state index contributed by atoms with van der Waals surface area (Å²) in [5, 5.41) is 0. The van der Waals surface area contributed by atoms with E-state index in [0.29, 0.717) is 0 Å². The largest absolute Gasteiger partial charge is 0.367 e. The average Bonchev–Trinajstić information content (AvgIpc) is 2.80. The molecule has 0 unspecified atom stereocenters. The molecule has 29 heavy (non-hydrogen) atoms. The van der Waals surface area contributed by atoms with E-state index in [2.05, 4.69) is 101 Å². The molecule has 0 amide bonds. The van der Waals surface area contributed by atoms with Gasteiger partial charge in [0.15, 0.2) is 0 Å². The maximum Gasteiger partial charge on any atom is 0.108 e. The highest BCUT2D eigenvalue weighted by Crippen LogP contribution is 2.25. The van der Waals surface area contributed by atoms with Crippen LogP contribution in [-0.4, -0.2) is 49.1 Å². The van der Waals surface area contributed by atoms with E-state index in [1.54, 1.807) is 0 Å². The molecule has 0 aliphatic carbocycles. The molecular weight excluding hydrogens is 356 g/mol. The summed E-state index contributed by atoms with van der Waals surface area (Å²) in [5.74, 6) is 0. The van der Waals surface area contributed by atoms with Gasteiger partial charge in [-0.3, -0.25) is 9.80 Å². The normalized spacial score (nSPS) is 15.6. The van der Waals surface area contributed by atoms with Crippen molar-refractivity contribution >= 4 is 0 Å². The zero-order valence-electron chi connectivity index (χ0n) is 17.0. The van der Waals surface area contributed by atoms with Crippen molar-refractivity contribution < 1.29 is 4.74 Å². The molecule has 3 aromatic carbocycles. The quantitative estimate of drug-likeness (QED) is 0.562. The van der Waals surface area contributed by atoms with E-state index in [0.717, 1.165) is 45.9 Å². The van der Waals surface area contributed by atoms with Gasteiger partial charge in [-0.2, -0.15) is 0 Å². The van der Waals surface area contributed by atoms with Crippen LogP contribution in [0.3, 0.4) is 0 Å². The predicted molar refractivity (Wildman–Crippen MR) is 119 cm³/mol. The van der Waals surface area contributed by atoms with Gasteiger partial charge in [0.25, 0.3) is 0 Å². The van der Waals surface area contributed by atoms with Crippen LogP contribution >= 0.6 is 0 Å². The molecule has 0 bridgehead atoms. The van der Waals surface area contributed by atoms with Gasteiger partial charge in [0.1, 0.15) is 6.10 Å². The van der Waals surface area contributed by atoms with E-state index in [1.165, 1.54) is 16.7 Å². The van der Waals surface area contributed by atoms with Gasteiger partial charge in [-0.15, -0.1) is 0 Å². The van der Waals surface area contributed by atoms with Crippen LogP contribution in [0.1, 0.15) is 22.8 Å². The monoisotopic (exact) mass is 386 g/mol. The van der Waals surface area contributed by atoms with Gasteiger partial charge in [0.05, 0.1) is 6.61 Å². The topological polar surface area (TPSA) is 15.7 Å². The zero-order chi connectivity index (χ0) is 19.7. The molecule has 0 radical (unpaired) electrons. The Bertz CT molecular complexity index is 791. The predicted octanol–water partition coefficient (Wildman–Crippen LogP) is 4.61. The molecule has 0 atom stereocenters. The third-order valence-electron chi connectivity index (χ3n) is 5.61. The van der Waals surface area contributed by atoms with Crippen molar-refractivity contribution in [1.82, 2.24) is 9.80 Å². The molecule has 1 fully saturated rings. The molecule has 0 N–H and O–H groups in total. The lowest BCUT2D eigenvalue weighted by Crippen LogP contribution is -2.46. The second-order valence-electron chi connectivity index (χ2n) is 7.68. The highest BCUT2D eigenvalue weighted by Gasteiger charge is 2.18. The Kier molecular flexibility index (Phi) is 7.08. The molecule has 3 heteroatoms. The first-order valence-corrected chi connectivity index (χ1v) is 10.6. The van der Waals surface area contributed by atoms with Crippen molar-refractivity contribution in [3.63, 3.8) is 0 Å². The molecule has 3 aromatic rings.